The number of rotatable bonds is 6. The van der Waals surface area contributed by atoms with Crippen LogP contribution in [0, 0.1) is 13.8 Å². The van der Waals surface area contributed by atoms with Crippen LogP contribution in [0.1, 0.15) is 35.2 Å². The summed E-state index contributed by atoms with van der Waals surface area (Å²) < 4.78 is 39.9. The van der Waals surface area contributed by atoms with Crippen LogP contribution in [0.25, 0.3) is 17.1 Å². The van der Waals surface area contributed by atoms with E-state index in [0.29, 0.717) is 27.8 Å². The zero-order chi connectivity index (χ0) is 30.9. The van der Waals surface area contributed by atoms with E-state index >= 15 is 0 Å². The van der Waals surface area contributed by atoms with Gasteiger partial charge in [0.1, 0.15) is 6.33 Å². The van der Waals surface area contributed by atoms with Gasteiger partial charge in [0.2, 0.25) is 5.91 Å². The third-order valence-electron chi connectivity index (χ3n) is 6.85. The molecule has 222 valence electrons. The van der Waals surface area contributed by atoms with E-state index in [1.807, 2.05) is 39.0 Å². The number of hydrogen-bond donors (Lipinski definition) is 2. The number of aryl methyl sites for hydroxylation is 1. The van der Waals surface area contributed by atoms with E-state index in [0.717, 1.165) is 40.6 Å². The van der Waals surface area contributed by atoms with Gasteiger partial charge < -0.3 is 0 Å². The van der Waals surface area contributed by atoms with Crippen molar-refractivity contribution < 1.29 is 22.8 Å². The van der Waals surface area contributed by atoms with Crippen LogP contribution in [-0.2, 0) is 11.0 Å². The predicted octanol–water partition coefficient (Wildman–Crippen LogP) is 6.63. The normalized spacial score (nSPS) is 15.3. The van der Waals surface area contributed by atoms with Gasteiger partial charge in [-0.2, -0.15) is 18.2 Å². The summed E-state index contributed by atoms with van der Waals surface area (Å²) in [4.78, 5) is 35.1. The number of thioether (sulfide) groups is 1. The fraction of sp³-hybridized carbons (Fsp3) is 0.207. The number of anilines is 1. The van der Waals surface area contributed by atoms with Crippen LogP contribution < -0.4 is 15.8 Å². The Bertz CT molecular complexity index is 1710. The molecule has 2 heterocycles. The molecule has 14 heteroatoms. The van der Waals surface area contributed by atoms with Crippen molar-refractivity contribution in [1.82, 2.24) is 25.6 Å². The van der Waals surface area contributed by atoms with Crippen LogP contribution in [-0.4, -0.2) is 37.6 Å². The minimum atomic E-state index is -4.41. The molecule has 0 spiro atoms. The van der Waals surface area contributed by atoms with Crippen LogP contribution in [0.4, 0.5) is 23.7 Å². The lowest BCUT2D eigenvalue weighted by Gasteiger charge is -2.21. The Hall–Kier alpha value is -4.20. The number of benzene rings is 3. The van der Waals surface area contributed by atoms with Gasteiger partial charge in [-0.15, -0.1) is 5.10 Å². The molecular weight excluding hydrogens is 603 g/mol. The number of amidine groups is 1. The minimum absolute atomic E-state index is 0.142. The number of alkyl halides is 3. The molecule has 9 nitrogen and oxygen atoms in total. The molecule has 4 aromatic rings. The third kappa shape index (κ3) is 6.58. The topological polar surface area (TPSA) is 105 Å². The first-order chi connectivity index (χ1) is 20.4. The lowest BCUT2D eigenvalue weighted by Crippen LogP contribution is -2.39. The predicted molar refractivity (Wildman–Crippen MR) is 160 cm³/mol. The highest BCUT2D eigenvalue weighted by Crippen LogP contribution is 2.36. The van der Waals surface area contributed by atoms with E-state index in [9.17, 15) is 22.8 Å². The second-order valence-electron chi connectivity index (χ2n) is 9.73. The van der Waals surface area contributed by atoms with Crippen molar-refractivity contribution in [3.63, 3.8) is 0 Å². The fourth-order valence-corrected chi connectivity index (χ4v) is 5.46. The van der Waals surface area contributed by atoms with E-state index in [2.05, 4.69) is 25.9 Å². The van der Waals surface area contributed by atoms with E-state index in [1.54, 1.807) is 18.2 Å². The Morgan fingerprint density at radius 3 is 2.44 bits per heavy atom. The molecule has 0 radical (unpaired) electrons. The smallest absolute Gasteiger partial charge is 0.273 e. The molecule has 1 aromatic heterocycles. The van der Waals surface area contributed by atoms with Gasteiger partial charge in [-0.05, 0) is 67.8 Å². The van der Waals surface area contributed by atoms with Gasteiger partial charge in [0.25, 0.3) is 0 Å². The molecule has 3 aromatic carbocycles. The quantitative estimate of drug-likeness (QED) is 0.233. The molecule has 2 N–H and O–H groups in total. The van der Waals surface area contributed by atoms with Crippen molar-refractivity contribution in [2.45, 2.75) is 33.0 Å². The maximum Gasteiger partial charge on any atom is 0.416 e. The Morgan fingerprint density at radius 1 is 1.07 bits per heavy atom. The molecule has 0 bridgehead atoms. The number of nitrogens with zero attached hydrogens (tertiary/aromatic N) is 5. The summed E-state index contributed by atoms with van der Waals surface area (Å²) in [6.45, 7) is 5.62. The maximum absolute atomic E-state index is 12.8. The summed E-state index contributed by atoms with van der Waals surface area (Å²) in [5.74, 6) is 0.323. The number of nitrogens with one attached hydrogen (secondary N) is 2. The van der Waals surface area contributed by atoms with Crippen LogP contribution >= 0.6 is 23.4 Å². The SMILES string of the molecule is Cc1ccc(Cl)c(N2C(=O)CSC2=NC(=O)NNC(C)c2ccc(-c3ncn(-c4ccc(C(F)(F)F)cc4)n3)cc2)c1C. The van der Waals surface area contributed by atoms with Crippen LogP contribution in [0.5, 0.6) is 0 Å². The maximum atomic E-state index is 12.8. The first kappa shape index (κ1) is 30.3. The zero-order valence-electron chi connectivity index (χ0n) is 23.1. The van der Waals surface area contributed by atoms with Gasteiger partial charge in [-0.25, -0.2) is 19.9 Å². The lowest BCUT2D eigenvalue weighted by atomic mass is 10.1. The number of hydrogen-bond acceptors (Lipinski definition) is 6. The van der Waals surface area contributed by atoms with E-state index in [-0.39, 0.29) is 22.9 Å². The minimum Gasteiger partial charge on any atom is -0.273 e. The molecule has 3 amide bonds. The molecule has 1 atom stereocenters. The van der Waals surface area contributed by atoms with Crippen molar-refractivity contribution in [3.05, 3.63) is 94.3 Å². The molecule has 1 fully saturated rings. The fourth-order valence-electron chi connectivity index (χ4n) is 4.32. The second kappa shape index (κ2) is 12.2. The van der Waals surface area contributed by atoms with Crippen molar-refractivity contribution in [1.29, 1.82) is 0 Å². The molecule has 5 rings (SSSR count). The molecule has 1 aliphatic rings. The number of halogens is 4. The number of carbonyl (C=O) groups is 2. The molecule has 1 saturated heterocycles. The average Bonchev–Trinajstić information content (AvgIpc) is 3.61. The number of carbonyl (C=O) groups excluding carboxylic acids is 2. The van der Waals surface area contributed by atoms with Crippen LogP contribution in [0.2, 0.25) is 5.02 Å². The molecular formula is C29H25ClF3N7O2S. The standard InChI is InChI=1S/C29H25ClF3N7O2S/c1-16-4-13-23(30)25(17(16)2)40-24(41)14-43-28(40)35-27(42)37-36-18(3)19-5-7-20(8-6-19)26-34-15-39(38-26)22-11-9-21(10-12-22)29(31,32)33/h4-13,15,18,36H,14H2,1-3H3,(H,37,42). The summed E-state index contributed by atoms with van der Waals surface area (Å²) >= 11 is 7.56. The Kier molecular flexibility index (Phi) is 8.58. The summed E-state index contributed by atoms with van der Waals surface area (Å²) in [6.07, 6.45) is -2.98. The number of aromatic nitrogens is 3. The summed E-state index contributed by atoms with van der Waals surface area (Å²) in [6, 6.07) is 14.5. The van der Waals surface area contributed by atoms with Crippen molar-refractivity contribution in [3.8, 4) is 17.1 Å². The first-order valence-corrected chi connectivity index (χ1v) is 14.3. The Labute approximate surface area is 254 Å². The molecule has 1 unspecified atom stereocenters. The molecule has 0 saturated carbocycles. The van der Waals surface area contributed by atoms with E-state index in [4.69, 9.17) is 11.6 Å². The highest BCUT2D eigenvalue weighted by atomic mass is 35.5. The van der Waals surface area contributed by atoms with Crippen LogP contribution in [0.3, 0.4) is 0 Å². The zero-order valence-corrected chi connectivity index (χ0v) is 24.7. The largest absolute Gasteiger partial charge is 0.416 e. The molecule has 43 heavy (non-hydrogen) atoms. The van der Waals surface area contributed by atoms with Crippen molar-refractivity contribution in [2.24, 2.45) is 4.99 Å². The number of hydrazine groups is 1. The molecule has 1 aliphatic heterocycles. The van der Waals surface area contributed by atoms with Gasteiger partial charge in [0, 0.05) is 11.6 Å². The summed E-state index contributed by atoms with van der Waals surface area (Å²) in [7, 11) is 0. The highest BCUT2D eigenvalue weighted by molar-refractivity contribution is 8.15. The second-order valence-corrected chi connectivity index (χ2v) is 11.1. The highest BCUT2D eigenvalue weighted by Gasteiger charge is 2.33. The Morgan fingerprint density at radius 2 is 1.77 bits per heavy atom. The summed E-state index contributed by atoms with van der Waals surface area (Å²) in [5.41, 5.74) is 9.01. The monoisotopic (exact) mass is 627 g/mol. The van der Waals surface area contributed by atoms with Crippen molar-refractivity contribution in [2.75, 3.05) is 10.7 Å². The van der Waals surface area contributed by atoms with Gasteiger partial charge in [-0.1, -0.05) is 53.7 Å². The summed E-state index contributed by atoms with van der Waals surface area (Å²) in [5, 5.41) is 5.00. The van der Waals surface area contributed by atoms with E-state index in [1.165, 1.54) is 28.0 Å². The number of amides is 3. The number of aliphatic imine (C=N–C) groups is 1. The van der Waals surface area contributed by atoms with Crippen LogP contribution in [0.15, 0.2) is 72.0 Å². The van der Waals surface area contributed by atoms with E-state index < -0.39 is 17.8 Å². The number of urea groups is 1. The van der Waals surface area contributed by atoms with Gasteiger partial charge in [0.05, 0.1) is 27.7 Å². The first-order valence-electron chi connectivity index (χ1n) is 13.0. The lowest BCUT2D eigenvalue weighted by molar-refractivity contribution is -0.137. The van der Waals surface area contributed by atoms with Gasteiger partial charge in [0.15, 0.2) is 11.0 Å². The Balaban J connectivity index is 1.22. The average molecular weight is 628 g/mol. The van der Waals surface area contributed by atoms with Gasteiger partial charge >= 0.3 is 12.2 Å². The third-order valence-corrected chi connectivity index (χ3v) is 8.08. The van der Waals surface area contributed by atoms with Crippen molar-refractivity contribution >= 4 is 46.2 Å². The van der Waals surface area contributed by atoms with Gasteiger partial charge in [-0.3, -0.25) is 15.1 Å². The molecule has 0 aliphatic carbocycles.